The van der Waals surface area contributed by atoms with Gasteiger partial charge in [-0.3, -0.25) is 0 Å². The maximum absolute atomic E-state index is 7.96. The largest absolute Gasteiger partial charge is 0.522 e. The first-order valence-corrected chi connectivity index (χ1v) is 2.71. The highest BCUT2D eigenvalue weighted by atomic mass is 27.1. The fourth-order valence-electron chi connectivity index (χ4n) is 0. The SMILES string of the molecule is C[CH2][Al][OH]. The third kappa shape index (κ3) is 2.49. The molecule has 23 valence electrons. The maximum Gasteiger partial charge on any atom is 0.420 e. The molecule has 0 atom stereocenters. The van der Waals surface area contributed by atoms with Crippen molar-refractivity contribution in [3.63, 3.8) is 0 Å². The third-order valence-electron chi connectivity index (χ3n) is 0.183. The van der Waals surface area contributed by atoms with Crippen LogP contribution in [0.25, 0.3) is 0 Å². The molecule has 0 rings (SSSR count). The zero-order chi connectivity index (χ0) is 3.41. The second-order valence-corrected chi connectivity index (χ2v) is 1.77. The first-order valence-electron chi connectivity index (χ1n) is 1.37. The average molecular weight is 73.1 g/mol. The van der Waals surface area contributed by atoms with Crippen LogP contribution in [0.4, 0.5) is 0 Å². The van der Waals surface area contributed by atoms with E-state index < -0.39 is 0 Å². The van der Waals surface area contributed by atoms with Gasteiger partial charge in [0.1, 0.15) is 0 Å². The summed E-state index contributed by atoms with van der Waals surface area (Å²) in [7, 11) is 0. The minimum absolute atomic E-state index is 0.218. The Morgan fingerprint density at radius 1 is 2.00 bits per heavy atom. The van der Waals surface area contributed by atoms with Gasteiger partial charge in [0.2, 0.25) is 0 Å². The van der Waals surface area contributed by atoms with Crippen molar-refractivity contribution >= 4 is 15.6 Å². The first kappa shape index (κ1) is 4.49. The molecule has 0 bridgehead atoms. The molecule has 0 aliphatic heterocycles. The van der Waals surface area contributed by atoms with E-state index in [-0.39, 0.29) is 15.6 Å². The number of hydrogen-bond acceptors (Lipinski definition) is 1. The Labute approximate surface area is 32.7 Å². The Morgan fingerprint density at radius 3 is 2.25 bits per heavy atom. The fraction of sp³-hybridized carbons (Fsp3) is 1.00. The Balaban J connectivity index is 1.97. The summed E-state index contributed by atoms with van der Waals surface area (Å²) in [6.07, 6.45) is 0. The molecule has 4 heavy (non-hydrogen) atoms. The van der Waals surface area contributed by atoms with Gasteiger partial charge in [-0.1, -0.05) is 12.2 Å². The van der Waals surface area contributed by atoms with Crippen LogP contribution in [0, 0.1) is 0 Å². The van der Waals surface area contributed by atoms with Crippen LogP contribution in [0.3, 0.4) is 0 Å². The Morgan fingerprint density at radius 2 is 2.25 bits per heavy atom. The van der Waals surface area contributed by atoms with Gasteiger partial charge < -0.3 is 4.16 Å². The average Bonchev–Trinajstić information content (AvgIpc) is 1.37. The standard InChI is InChI=1S/C2H5.Al.H2O/c1-2;;/h1H2,2H3;;1H2/q;+1;/p-1. The zero-order valence-corrected chi connectivity index (χ0v) is 3.89. The van der Waals surface area contributed by atoms with Gasteiger partial charge in [-0.25, -0.2) is 0 Å². The van der Waals surface area contributed by atoms with Gasteiger partial charge in [-0.15, -0.1) is 0 Å². The van der Waals surface area contributed by atoms with Crippen LogP contribution in [0.15, 0.2) is 0 Å². The van der Waals surface area contributed by atoms with Crippen LogP contribution in [-0.2, 0) is 0 Å². The zero-order valence-electron chi connectivity index (χ0n) is 2.73. The first-order chi connectivity index (χ1) is 1.91. The Bertz CT molecular complexity index is 8.00. The molecule has 0 amide bonds. The van der Waals surface area contributed by atoms with Crippen LogP contribution in [-0.4, -0.2) is 19.7 Å². The van der Waals surface area contributed by atoms with Gasteiger partial charge in [0.15, 0.2) is 0 Å². The molecule has 0 unspecified atom stereocenters. The maximum atomic E-state index is 7.96. The smallest absolute Gasteiger partial charge is 0.420 e. The molecule has 0 heterocycles. The highest BCUT2D eigenvalue weighted by molar-refractivity contribution is 6.24. The van der Waals surface area contributed by atoms with Gasteiger partial charge in [0.25, 0.3) is 0 Å². The lowest BCUT2D eigenvalue weighted by molar-refractivity contribution is 0.602. The van der Waals surface area contributed by atoms with Crippen molar-refractivity contribution in [2.45, 2.75) is 12.2 Å². The highest BCUT2D eigenvalue weighted by Gasteiger charge is 1.70. The van der Waals surface area contributed by atoms with E-state index >= 15 is 0 Å². The lowest BCUT2D eigenvalue weighted by atomic mass is 11.0. The van der Waals surface area contributed by atoms with Crippen molar-refractivity contribution < 1.29 is 4.16 Å². The molecule has 0 aliphatic rings. The number of rotatable bonds is 1. The molecule has 1 radical (unpaired) electrons. The molecule has 1 nitrogen and oxygen atoms in total. The topological polar surface area (TPSA) is 20.2 Å². The van der Waals surface area contributed by atoms with Crippen LogP contribution in [0.1, 0.15) is 6.92 Å². The summed E-state index contributed by atoms with van der Waals surface area (Å²) in [5, 5.41) is 0.958. The predicted octanol–water partition coefficient (Wildman–Crippen LogP) is 0.0361. The second kappa shape index (κ2) is 3.49. The van der Waals surface area contributed by atoms with Crippen LogP contribution >= 0.6 is 0 Å². The van der Waals surface area contributed by atoms with E-state index in [2.05, 4.69) is 0 Å². The molecule has 0 aliphatic carbocycles. The summed E-state index contributed by atoms with van der Waals surface area (Å²) in [6, 6.07) is 0. The van der Waals surface area contributed by atoms with Crippen LogP contribution in [0.5, 0.6) is 0 Å². The van der Waals surface area contributed by atoms with E-state index in [1.165, 1.54) is 0 Å². The normalized spacial score (nSPS) is 6.50. The second-order valence-electron chi connectivity index (χ2n) is 0.591. The van der Waals surface area contributed by atoms with E-state index in [4.69, 9.17) is 4.16 Å². The third-order valence-corrected chi connectivity index (χ3v) is 0.548. The molecule has 0 saturated carbocycles. The molecule has 1 N–H and O–H groups in total. The quantitative estimate of drug-likeness (QED) is 0.434. The lowest BCUT2D eigenvalue weighted by Crippen LogP contribution is -1.75. The van der Waals surface area contributed by atoms with Crippen molar-refractivity contribution in [2.75, 3.05) is 0 Å². The van der Waals surface area contributed by atoms with E-state index in [1.54, 1.807) is 0 Å². The lowest BCUT2D eigenvalue weighted by Gasteiger charge is -1.62. The van der Waals surface area contributed by atoms with E-state index in [0.717, 1.165) is 5.28 Å². The van der Waals surface area contributed by atoms with E-state index in [1.807, 2.05) is 6.92 Å². The molecule has 0 spiro atoms. The summed E-state index contributed by atoms with van der Waals surface area (Å²) in [4.78, 5) is 0. The fourth-order valence-corrected chi connectivity index (χ4v) is 0. The molecule has 2 heteroatoms. The van der Waals surface area contributed by atoms with Crippen LogP contribution < -0.4 is 0 Å². The molecule has 0 aromatic heterocycles. The molecular weight excluding hydrogens is 67.0 g/mol. The molecular formula is C2H6AlO. The van der Waals surface area contributed by atoms with Crippen molar-refractivity contribution in [1.29, 1.82) is 0 Å². The summed E-state index contributed by atoms with van der Waals surface area (Å²) < 4.78 is 7.96. The minimum atomic E-state index is -0.218. The van der Waals surface area contributed by atoms with E-state index in [9.17, 15) is 0 Å². The number of hydrogen-bond donors (Lipinski definition) is 1. The highest BCUT2D eigenvalue weighted by Crippen LogP contribution is 1.60. The Hall–Kier alpha value is 0.492. The van der Waals surface area contributed by atoms with Gasteiger partial charge in [-0.05, 0) is 0 Å². The van der Waals surface area contributed by atoms with Gasteiger partial charge in [-0.2, -0.15) is 0 Å². The molecule has 0 aromatic carbocycles. The van der Waals surface area contributed by atoms with Crippen molar-refractivity contribution in [3.8, 4) is 0 Å². The summed E-state index contributed by atoms with van der Waals surface area (Å²) >= 11 is -0.218. The van der Waals surface area contributed by atoms with Crippen LogP contribution in [0.2, 0.25) is 5.28 Å². The van der Waals surface area contributed by atoms with Crippen molar-refractivity contribution in [2.24, 2.45) is 0 Å². The van der Waals surface area contributed by atoms with Gasteiger partial charge in [0, 0.05) is 0 Å². The molecule has 0 saturated heterocycles. The Kier molecular flexibility index (Phi) is 3.92. The minimum Gasteiger partial charge on any atom is -0.522 e. The monoisotopic (exact) mass is 73.0 g/mol. The van der Waals surface area contributed by atoms with Gasteiger partial charge in [0.05, 0.1) is 0 Å². The summed E-state index contributed by atoms with van der Waals surface area (Å²) in [6.45, 7) is 1.97. The van der Waals surface area contributed by atoms with Gasteiger partial charge >= 0.3 is 15.6 Å². The summed E-state index contributed by atoms with van der Waals surface area (Å²) in [5.74, 6) is 0. The molecule has 0 fully saturated rings. The molecule has 0 aromatic rings. The predicted molar refractivity (Wildman–Crippen MR) is 18.5 cm³/mol. The van der Waals surface area contributed by atoms with E-state index in [0.29, 0.717) is 0 Å². The summed E-state index contributed by atoms with van der Waals surface area (Å²) in [5.41, 5.74) is 0. The van der Waals surface area contributed by atoms with Crippen molar-refractivity contribution in [1.82, 2.24) is 0 Å². The van der Waals surface area contributed by atoms with Crippen molar-refractivity contribution in [3.05, 3.63) is 0 Å².